The Morgan fingerprint density at radius 1 is 0.891 bits per heavy atom. The van der Waals surface area contributed by atoms with Gasteiger partial charge in [-0.05, 0) is 86.0 Å². The maximum absolute atomic E-state index is 11.5. The Hall–Kier alpha value is -4.13. The number of piperidine rings is 1. The van der Waals surface area contributed by atoms with E-state index in [1.54, 1.807) is 30.3 Å². The van der Waals surface area contributed by atoms with Crippen LogP contribution >= 0.6 is 0 Å². The lowest BCUT2D eigenvalue weighted by Crippen LogP contribution is -2.61. The topological polar surface area (TPSA) is 158 Å². The number of rotatable bonds is 9. The second kappa shape index (κ2) is 13.7. The average Bonchev–Trinajstić information content (AvgIpc) is 3.06. The van der Waals surface area contributed by atoms with Crippen LogP contribution in [-0.4, -0.2) is 93.3 Å². The van der Waals surface area contributed by atoms with Crippen LogP contribution in [-0.2, 0) is 9.53 Å². The number of nitrogens with zero attached hydrogens (tertiary/aromatic N) is 1. The van der Waals surface area contributed by atoms with Gasteiger partial charge >= 0.3 is 5.97 Å². The number of allylic oxidation sites excluding steroid dienone is 1. The van der Waals surface area contributed by atoms with E-state index in [0.29, 0.717) is 12.4 Å². The SMILES string of the molecule is CC1=C(c2ccc(O)cc2)[C@H](c2ccc(OCCN3CCCCC3)cc2)Oc2cc(O[C@@H]3O[C@H](C(=O)O)[C@@H](O)[C@H](O)[C@H]3O)ccc21. The monoisotopic (exact) mass is 633 g/mol. The minimum atomic E-state index is -1.82. The number of aliphatic hydroxyl groups is 3. The number of hydrogen-bond donors (Lipinski definition) is 5. The summed E-state index contributed by atoms with van der Waals surface area (Å²) in [5.41, 5.74) is 4.37. The van der Waals surface area contributed by atoms with Crippen molar-refractivity contribution in [2.75, 3.05) is 26.2 Å². The van der Waals surface area contributed by atoms with Crippen molar-refractivity contribution < 1.29 is 49.3 Å². The molecule has 46 heavy (non-hydrogen) atoms. The zero-order valence-corrected chi connectivity index (χ0v) is 25.5. The Morgan fingerprint density at radius 2 is 1.59 bits per heavy atom. The molecule has 0 unspecified atom stereocenters. The van der Waals surface area contributed by atoms with Crippen molar-refractivity contribution in [3.05, 3.63) is 83.4 Å². The largest absolute Gasteiger partial charge is 0.508 e. The molecule has 0 aromatic heterocycles. The van der Waals surface area contributed by atoms with Gasteiger partial charge < -0.3 is 44.5 Å². The molecule has 244 valence electrons. The van der Waals surface area contributed by atoms with Crippen LogP contribution in [0.1, 0.15) is 49.0 Å². The first-order valence-corrected chi connectivity index (χ1v) is 15.5. The first-order chi connectivity index (χ1) is 22.2. The number of benzene rings is 3. The fourth-order valence-corrected chi connectivity index (χ4v) is 6.25. The van der Waals surface area contributed by atoms with Crippen LogP contribution in [0.5, 0.6) is 23.0 Å². The van der Waals surface area contributed by atoms with E-state index in [1.165, 1.54) is 19.3 Å². The summed E-state index contributed by atoms with van der Waals surface area (Å²) in [4.78, 5) is 14.0. The highest BCUT2D eigenvalue weighted by Gasteiger charge is 2.48. The van der Waals surface area contributed by atoms with Crippen LogP contribution in [0, 0.1) is 0 Å². The highest BCUT2D eigenvalue weighted by atomic mass is 16.7. The summed E-state index contributed by atoms with van der Waals surface area (Å²) in [6.45, 7) is 5.71. The molecular formula is C35H39NO10. The third kappa shape index (κ3) is 6.69. The summed E-state index contributed by atoms with van der Waals surface area (Å²) >= 11 is 0. The number of ether oxygens (including phenoxy) is 4. The molecular weight excluding hydrogens is 594 g/mol. The van der Waals surface area contributed by atoms with Gasteiger partial charge in [0.15, 0.2) is 6.10 Å². The number of carboxylic acids is 1. The Kier molecular flexibility index (Phi) is 9.48. The molecule has 2 saturated heterocycles. The number of fused-ring (bicyclic) bond motifs is 1. The van der Waals surface area contributed by atoms with Crippen LogP contribution in [0.15, 0.2) is 66.7 Å². The third-order valence-electron chi connectivity index (χ3n) is 8.82. The van der Waals surface area contributed by atoms with E-state index in [4.69, 9.17) is 18.9 Å². The maximum Gasteiger partial charge on any atom is 0.335 e. The van der Waals surface area contributed by atoms with Crippen molar-refractivity contribution in [1.82, 2.24) is 4.90 Å². The van der Waals surface area contributed by atoms with E-state index < -0.39 is 42.8 Å². The fraction of sp³-hybridized carbons (Fsp3) is 0.400. The van der Waals surface area contributed by atoms with Crippen LogP contribution in [0.3, 0.4) is 0 Å². The summed E-state index contributed by atoms with van der Waals surface area (Å²) in [5, 5.41) is 50.0. The normalized spacial score (nSPS) is 26.6. The molecule has 0 aliphatic carbocycles. The molecule has 11 nitrogen and oxygen atoms in total. The molecule has 5 N–H and O–H groups in total. The molecule has 3 heterocycles. The highest BCUT2D eigenvalue weighted by Crippen LogP contribution is 2.48. The molecule has 0 amide bonds. The Bertz CT molecular complexity index is 1550. The van der Waals surface area contributed by atoms with E-state index in [1.807, 2.05) is 43.3 Å². The quantitative estimate of drug-likeness (QED) is 0.235. The van der Waals surface area contributed by atoms with Gasteiger partial charge in [-0.25, -0.2) is 4.79 Å². The second-order valence-electron chi connectivity index (χ2n) is 11.9. The van der Waals surface area contributed by atoms with Crippen molar-refractivity contribution >= 4 is 17.1 Å². The van der Waals surface area contributed by atoms with Gasteiger partial charge in [0.2, 0.25) is 6.29 Å². The fourth-order valence-electron chi connectivity index (χ4n) is 6.25. The molecule has 0 bridgehead atoms. The Balaban J connectivity index is 1.25. The van der Waals surface area contributed by atoms with Crippen LogP contribution in [0.2, 0.25) is 0 Å². The standard InChI is InChI=1S/C35H39NO10/c1-20-26-14-13-25(44-35-31(40)29(38)30(39)33(46-35)34(41)42)19-27(26)45-32(28(20)21-5-9-23(37)10-6-21)22-7-11-24(12-8-22)43-18-17-36-15-3-2-4-16-36/h5-14,19,29-33,35,37-40H,2-4,15-18H2,1H3,(H,41,42)/t29-,30-,31+,32-,33-,35+/m0/s1. The third-order valence-corrected chi connectivity index (χ3v) is 8.82. The molecule has 6 rings (SSSR count). The molecule has 0 radical (unpaired) electrons. The zero-order valence-electron chi connectivity index (χ0n) is 25.5. The summed E-state index contributed by atoms with van der Waals surface area (Å²) in [6, 6.07) is 19.7. The van der Waals surface area contributed by atoms with E-state index in [9.17, 15) is 30.3 Å². The highest BCUT2D eigenvalue weighted by molar-refractivity contribution is 5.95. The Labute approximate surface area is 266 Å². The van der Waals surface area contributed by atoms with Gasteiger partial charge in [0, 0.05) is 23.7 Å². The van der Waals surface area contributed by atoms with Crippen molar-refractivity contribution in [3.63, 3.8) is 0 Å². The second-order valence-corrected chi connectivity index (χ2v) is 11.9. The number of carboxylic acid groups (broad SMARTS) is 1. The molecule has 0 saturated carbocycles. The maximum atomic E-state index is 11.5. The lowest BCUT2D eigenvalue weighted by Gasteiger charge is -2.38. The number of aromatic hydroxyl groups is 1. The van der Waals surface area contributed by atoms with E-state index >= 15 is 0 Å². The van der Waals surface area contributed by atoms with E-state index in [-0.39, 0.29) is 11.5 Å². The molecule has 3 aliphatic heterocycles. The molecule has 3 aromatic carbocycles. The number of phenolic OH excluding ortho intramolecular Hbond substituents is 1. The number of aliphatic carboxylic acids is 1. The van der Waals surface area contributed by atoms with Gasteiger partial charge in [-0.2, -0.15) is 0 Å². The lowest BCUT2D eigenvalue weighted by molar-refractivity contribution is -0.271. The predicted octanol–water partition coefficient (Wildman–Crippen LogP) is 3.59. The van der Waals surface area contributed by atoms with Crippen molar-refractivity contribution in [2.24, 2.45) is 0 Å². The minimum absolute atomic E-state index is 0.151. The van der Waals surface area contributed by atoms with Crippen LogP contribution < -0.4 is 14.2 Å². The number of carbonyl (C=O) groups is 1. The number of phenols is 1. The zero-order chi connectivity index (χ0) is 32.4. The molecule has 3 aliphatic rings. The van der Waals surface area contributed by atoms with Gasteiger partial charge in [0.25, 0.3) is 0 Å². The molecule has 3 aromatic rings. The smallest absolute Gasteiger partial charge is 0.335 e. The number of hydrogen-bond acceptors (Lipinski definition) is 10. The molecule has 2 fully saturated rings. The molecule has 11 heteroatoms. The van der Waals surface area contributed by atoms with Crippen LogP contribution in [0.4, 0.5) is 0 Å². The van der Waals surface area contributed by atoms with Gasteiger partial charge in [0.1, 0.15) is 54.0 Å². The summed E-state index contributed by atoms with van der Waals surface area (Å²) in [7, 11) is 0. The van der Waals surface area contributed by atoms with Crippen LogP contribution in [0.25, 0.3) is 11.1 Å². The molecule has 6 atom stereocenters. The van der Waals surface area contributed by atoms with E-state index in [2.05, 4.69) is 4.90 Å². The van der Waals surface area contributed by atoms with E-state index in [0.717, 1.165) is 53.2 Å². The number of likely N-dealkylation sites (tertiary alicyclic amines) is 1. The average molecular weight is 634 g/mol. The summed E-state index contributed by atoms with van der Waals surface area (Å²) in [5.74, 6) is 0.0956. The Morgan fingerprint density at radius 3 is 2.28 bits per heavy atom. The van der Waals surface area contributed by atoms with Crippen molar-refractivity contribution in [3.8, 4) is 23.0 Å². The first-order valence-electron chi connectivity index (χ1n) is 15.5. The summed E-state index contributed by atoms with van der Waals surface area (Å²) in [6.07, 6.45) is -5.42. The van der Waals surface area contributed by atoms with Gasteiger partial charge in [-0.3, -0.25) is 4.90 Å². The predicted molar refractivity (Wildman–Crippen MR) is 168 cm³/mol. The molecule has 0 spiro atoms. The van der Waals surface area contributed by atoms with Crippen molar-refractivity contribution in [2.45, 2.75) is 63.0 Å². The summed E-state index contributed by atoms with van der Waals surface area (Å²) < 4.78 is 23.7. The van der Waals surface area contributed by atoms with Gasteiger partial charge in [-0.1, -0.05) is 30.7 Å². The van der Waals surface area contributed by atoms with Gasteiger partial charge in [0.05, 0.1) is 0 Å². The lowest BCUT2D eigenvalue weighted by atomic mass is 9.86. The first kappa shape index (κ1) is 31.8. The van der Waals surface area contributed by atoms with Crippen molar-refractivity contribution in [1.29, 1.82) is 0 Å². The minimum Gasteiger partial charge on any atom is -0.508 e. The number of aliphatic hydroxyl groups excluding tert-OH is 3. The van der Waals surface area contributed by atoms with Gasteiger partial charge in [-0.15, -0.1) is 0 Å².